The number of hydrogen-bond donors (Lipinski definition) is 3. The smallest absolute Gasteiger partial charge is 0.330 e. The van der Waals surface area contributed by atoms with Crippen molar-refractivity contribution in [1.82, 2.24) is 4.90 Å². The first-order valence-corrected chi connectivity index (χ1v) is 16.6. The highest BCUT2D eigenvalue weighted by atomic mass is 19.1. The number of halogens is 1. The number of carboxylic acids is 2. The molecule has 262 valence electrons. The first-order chi connectivity index (χ1) is 23.1. The zero-order valence-corrected chi connectivity index (χ0v) is 28.7. The van der Waals surface area contributed by atoms with Gasteiger partial charge in [0.1, 0.15) is 18.0 Å². The van der Waals surface area contributed by atoms with Gasteiger partial charge in [0, 0.05) is 37.4 Å². The van der Waals surface area contributed by atoms with Crippen LogP contribution in [0.3, 0.4) is 0 Å². The van der Waals surface area contributed by atoms with E-state index < -0.39 is 40.7 Å². The van der Waals surface area contributed by atoms with Gasteiger partial charge in [-0.15, -0.1) is 0 Å². The maximum atomic E-state index is 16.2. The van der Waals surface area contributed by atoms with Gasteiger partial charge in [0.2, 0.25) is 0 Å². The minimum Gasteiger partial charge on any atom is -0.481 e. The molecule has 2 aromatic carbocycles. The topological polar surface area (TPSA) is 149 Å². The molecule has 5 rings (SSSR count). The van der Waals surface area contributed by atoms with E-state index in [4.69, 9.17) is 9.84 Å². The predicted molar refractivity (Wildman–Crippen MR) is 183 cm³/mol. The van der Waals surface area contributed by atoms with Crippen molar-refractivity contribution in [2.45, 2.75) is 83.8 Å². The van der Waals surface area contributed by atoms with E-state index in [1.165, 1.54) is 36.4 Å². The lowest BCUT2D eigenvalue weighted by Crippen LogP contribution is -2.63. The molecule has 0 radical (unpaired) electrons. The number of ketones is 1. The van der Waals surface area contributed by atoms with Gasteiger partial charge in [-0.25, -0.2) is 14.2 Å². The molecule has 12 heteroatoms. The molecule has 2 aliphatic carbocycles. The maximum Gasteiger partial charge on any atom is 0.330 e. The lowest BCUT2D eigenvalue weighted by atomic mass is 9.80. The number of aliphatic imine (C=N–C) groups is 1. The van der Waals surface area contributed by atoms with Gasteiger partial charge in [0.15, 0.2) is 11.8 Å². The number of anilines is 2. The lowest BCUT2D eigenvalue weighted by Gasteiger charge is -2.50. The number of esters is 1. The molecule has 11 nitrogen and oxygen atoms in total. The third-order valence-electron chi connectivity index (χ3n) is 9.83. The van der Waals surface area contributed by atoms with Gasteiger partial charge in [-0.1, -0.05) is 31.2 Å². The molecule has 1 heterocycles. The van der Waals surface area contributed by atoms with Gasteiger partial charge in [-0.3, -0.25) is 14.4 Å². The number of aliphatic carboxylic acids is 2. The van der Waals surface area contributed by atoms with Gasteiger partial charge in [0.05, 0.1) is 23.9 Å². The number of nitrogens with zero attached hydrogens (tertiary/aromatic N) is 3. The fraction of sp³-hybridized carbons (Fsp3) is 0.486. The summed E-state index contributed by atoms with van der Waals surface area (Å²) >= 11 is 0. The molecule has 4 atom stereocenters. The molecule has 0 saturated heterocycles. The minimum atomic E-state index is -1.32. The number of rotatable bonds is 11. The maximum absolute atomic E-state index is 16.2. The summed E-state index contributed by atoms with van der Waals surface area (Å²) in [4.78, 5) is 59.1. The summed E-state index contributed by atoms with van der Waals surface area (Å²) in [5.41, 5.74) is 1.34. The number of allylic oxidation sites excluding steroid dienone is 1. The average molecular weight is 677 g/mol. The van der Waals surface area contributed by atoms with Crippen LogP contribution in [-0.2, 0) is 30.3 Å². The number of carbonyl (C=O) groups excluding carboxylic acids is 2. The van der Waals surface area contributed by atoms with Crippen molar-refractivity contribution in [3.63, 3.8) is 0 Å². The van der Waals surface area contributed by atoms with Crippen molar-refractivity contribution in [3.8, 4) is 0 Å². The Bertz CT molecular complexity index is 1680. The Kier molecular flexibility index (Phi) is 10.2. The van der Waals surface area contributed by atoms with Crippen LogP contribution in [0.5, 0.6) is 0 Å². The number of likely N-dealkylation sites (N-methyl/N-ethyl adjacent to an activating group) is 1. The number of Topliss-reactive ketones (excluding diaryl/α,β-unsaturated/α-hetero) is 1. The summed E-state index contributed by atoms with van der Waals surface area (Å²) in [6.45, 7) is 7.74. The first-order valence-electron chi connectivity index (χ1n) is 16.6. The monoisotopic (exact) mass is 676 g/mol. The Hall–Kier alpha value is -4.74. The third-order valence-corrected chi connectivity index (χ3v) is 9.83. The lowest BCUT2D eigenvalue weighted by molar-refractivity contribution is -0.156. The van der Waals surface area contributed by atoms with E-state index in [1.54, 1.807) is 26.8 Å². The normalized spacial score (nSPS) is 22.8. The average Bonchev–Trinajstić information content (AvgIpc) is 3.31. The second-order valence-electron chi connectivity index (χ2n) is 14.5. The number of carbonyl (C=O) groups is 4. The zero-order valence-electron chi connectivity index (χ0n) is 28.7. The number of hydrogen-bond acceptors (Lipinski definition) is 9. The summed E-state index contributed by atoms with van der Waals surface area (Å²) in [7, 11) is 1.95. The van der Waals surface area contributed by atoms with E-state index in [0.29, 0.717) is 55.5 Å². The standard InChI is InChI=1S/C37H45FN4O7/c1-22-6-15-31(43)37(22,20-49-35(48)36(2,3)4)42(26-11-13-29-25(17-26)19-41(5)21-39-29)27-12-14-30(28(38)18-27)40-33(34(46)47)24-9-7-23(8-10-24)16-32(44)45/h7-10,12,14,18,21-22,26,33,40H,6,11,13,15-17,19-20H2,1-5H3,(H,44,45)(H,46,47)/t22?,26?,33-,37?/m1/s1. The fourth-order valence-corrected chi connectivity index (χ4v) is 7.14. The van der Waals surface area contributed by atoms with Crippen molar-refractivity contribution >= 4 is 41.4 Å². The van der Waals surface area contributed by atoms with E-state index in [9.17, 15) is 24.3 Å². The van der Waals surface area contributed by atoms with Crippen LogP contribution in [0.4, 0.5) is 15.8 Å². The highest BCUT2D eigenvalue weighted by molar-refractivity contribution is 5.95. The summed E-state index contributed by atoms with van der Waals surface area (Å²) < 4.78 is 22.1. The Morgan fingerprint density at radius 3 is 2.43 bits per heavy atom. The van der Waals surface area contributed by atoms with E-state index in [0.717, 1.165) is 11.3 Å². The van der Waals surface area contributed by atoms with Gasteiger partial charge in [-0.2, -0.15) is 0 Å². The zero-order chi connectivity index (χ0) is 35.7. The van der Waals surface area contributed by atoms with Gasteiger partial charge < -0.3 is 30.1 Å². The van der Waals surface area contributed by atoms with Gasteiger partial charge in [0.25, 0.3) is 0 Å². The minimum absolute atomic E-state index is 0.0541. The fourth-order valence-electron chi connectivity index (χ4n) is 7.14. The molecule has 1 aliphatic heterocycles. The molecule has 1 fully saturated rings. The summed E-state index contributed by atoms with van der Waals surface area (Å²) in [5.74, 6) is -3.68. The van der Waals surface area contributed by atoms with E-state index >= 15 is 4.39 Å². The van der Waals surface area contributed by atoms with Gasteiger partial charge in [-0.05, 0) is 87.3 Å². The van der Waals surface area contributed by atoms with Crippen molar-refractivity contribution in [2.24, 2.45) is 16.3 Å². The molecule has 0 bridgehead atoms. The van der Waals surface area contributed by atoms with Gasteiger partial charge >= 0.3 is 17.9 Å². The number of nitrogens with one attached hydrogen (secondary N) is 1. The molecule has 3 N–H and O–H groups in total. The summed E-state index contributed by atoms with van der Waals surface area (Å²) in [6.07, 6.45) is 4.40. The molecular formula is C37H45FN4O7. The van der Waals surface area contributed by atoms with E-state index in [1.807, 2.05) is 30.1 Å². The van der Waals surface area contributed by atoms with Crippen LogP contribution in [0.15, 0.2) is 58.7 Å². The van der Waals surface area contributed by atoms with Crippen LogP contribution < -0.4 is 10.2 Å². The Balaban J connectivity index is 1.53. The summed E-state index contributed by atoms with van der Waals surface area (Å²) in [5, 5.41) is 21.9. The highest BCUT2D eigenvalue weighted by Gasteiger charge is 2.55. The van der Waals surface area contributed by atoms with Crippen molar-refractivity contribution in [2.75, 3.05) is 30.4 Å². The van der Waals surface area contributed by atoms with Crippen LogP contribution in [0.25, 0.3) is 0 Å². The second kappa shape index (κ2) is 14.0. The SMILES string of the molecule is CC1CCC(=O)C1(COC(=O)C(C)(C)C)N(c1ccc(N[C@@H](C(=O)O)c2ccc(CC(=O)O)cc2)c(F)c1)C1CCC2=C(C1)CN(C)C=N2. The highest BCUT2D eigenvalue weighted by Crippen LogP contribution is 2.46. The predicted octanol–water partition coefficient (Wildman–Crippen LogP) is 5.60. The first kappa shape index (κ1) is 35.6. The number of benzene rings is 2. The van der Waals surface area contributed by atoms with Crippen molar-refractivity contribution in [1.29, 1.82) is 0 Å². The molecule has 1 saturated carbocycles. The molecule has 0 aromatic heterocycles. The quantitative estimate of drug-likeness (QED) is 0.257. The number of ether oxygens (including phenoxy) is 1. The Labute approximate surface area is 285 Å². The molecule has 3 unspecified atom stereocenters. The Morgan fingerprint density at radius 2 is 1.84 bits per heavy atom. The second-order valence-corrected chi connectivity index (χ2v) is 14.5. The Morgan fingerprint density at radius 1 is 1.12 bits per heavy atom. The van der Waals surface area contributed by atoms with Crippen LogP contribution in [0, 0.1) is 17.2 Å². The largest absolute Gasteiger partial charge is 0.481 e. The summed E-state index contributed by atoms with van der Waals surface area (Å²) in [6, 6.07) is 9.00. The van der Waals surface area contributed by atoms with Crippen LogP contribution in [0.2, 0.25) is 0 Å². The van der Waals surface area contributed by atoms with Crippen molar-refractivity contribution < 1.29 is 38.5 Å². The molecule has 3 aliphatic rings. The van der Waals surface area contributed by atoms with E-state index in [-0.39, 0.29) is 36.5 Å². The van der Waals surface area contributed by atoms with E-state index in [2.05, 4.69) is 10.3 Å². The molecule has 49 heavy (non-hydrogen) atoms. The molecular weight excluding hydrogens is 631 g/mol. The molecule has 2 aromatic rings. The van der Waals surface area contributed by atoms with Crippen molar-refractivity contribution in [3.05, 3.63) is 70.7 Å². The van der Waals surface area contributed by atoms with Crippen LogP contribution in [-0.4, -0.2) is 76.9 Å². The number of carboxylic acid groups (broad SMARTS) is 2. The molecule has 0 spiro atoms. The van der Waals surface area contributed by atoms with Crippen LogP contribution in [0.1, 0.15) is 77.0 Å². The molecule has 0 amide bonds. The third kappa shape index (κ3) is 7.47. The van der Waals surface area contributed by atoms with Crippen LogP contribution >= 0.6 is 0 Å².